The Labute approximate surface area is 198 Å². The summed E-state index contributed by atoms with van der Waals surface area (Å²) >= 11 is 0. The molecule has 0 saturated heterocycles. The van der Waals surface area contributed by atoms with Crippen molar-refractivity contribution in [3.63, 3.8) is 0 Å². The largest absolute Gasteiger partial charge is 0.494 e. The zero-order chi connectivity index (χ0) is 24.1. The lowest BCUT2D eigenvalue weighted by atomic mass is 10.2. The molecule has 4 aromatic rings. The van der Waals surface area contributed by atoms with E-state index in [1.165, 1.54) is 12.1 Å². The highest BCUT2D eigenvalue weighted by atomic mass is 32.2. The van der Waals surface area contributed by atoms with Crippen LogP contribution in [0.3, 0.4) is 0 Å². The van der Waals surface area contributed by atoms with Crippen molar-refractivity contribution in [2.24, 2.45) is 0 Å². The van der Waals surface area contributed by atoms with Gasteiger partial charge in [0, 0.05) is 24.3 Å². The summed E-state index contributed by atoms with van der Waals surface area (Å²) in [6.45, 7) is 5.25. The predicted octanol–water partition coefficient (Wildman–Crippen LogP) is 3.97. The van der Waals surface area contributed by atoms with Gasteiger partial charge < -0.3 is 14.6 Å². The van der Waals surface area contributed by atoms with Gasteiger partial charge in [0.25, 0.3) is 15.9 Å². The molecule has 2 N–H and O–H groups in total. The minimum absolute atomic E-state index is 0.00508. The number of fused-ring (bicyclic) bond motifs is 1. The molecule has 0 aliphatic carbocycles. The summed E-state index contributed by atoms with van der Waals surface area (Å²) in [6, 6.07) is 20.4. The van der Waals surface area contributed by atoms with Gasteiger partial charge in [0.15, 0.2) is 0 Å². The molecule has 0 aliphatic rings. The lowest BCUT2D eigenvalue weighted by molar-refractivity contribution is 0.0952. The second-order valence-electron chi connectivity index (χ2n) is 7.65. The van der Waals surface area contributed by atoms with Crippen molar-refractivity contribution in [2.75, 3.05) is 17.9 Å². The molecule has 8 nitrogen and oxygen atoms in total. The Bertz CT molecular complexity index is 1410. The van der Waals surface area contributed by atoms with Crippen LogP contribution in [0, 0.1) is 6.92 Å². The first-order chi connectivity index (χ1) is 16.4. The van der Waals surface area contributed by atoms with E-state index in [1.807, 2.05) is 42.7 Å². The average molecular weight is 479 g/mol. The summed E-state index contributed by atoms with van der Waals surface area (Å²) < 4.78 is 35.6. The maximum absolute atomic E-state index is 12.8. The number of anilines is 1. The highest BCUT2D eigenvalue weighted by Crippen LogP contribution is 2.20. The Balaban J connectivity index is 1.41. The third-order valence-electron chi connectivity index (χ3n) is 5.29. The van der Waals surface area contributed by atoms with Crippen LogP contribution in [0.5, 0.6) is 5.75 Å². The molecule has 0 atom stereocenters. The van der Waals surface area contributed by atoms with E-state index >= 15 is 0 Å². The van der Waals surface area contributed by atoms with Gasteiger partial charge in [-0.05, 0) is 68.4 Å². The molecule has 0 bridgehead atoms. The van der Waals surface area contributed by atoms with Crippen LogP contribution >= 0.6 is 0 Å². The molecule has 34 heavy (non-hydrogen) atoms. The van der Waals surface area contributed by atoms with Crippen molar-refractivity contribution in [1.82, 2.24) is 14.9 Å². The quantitative estimate of drug-likeness (QED) is 0.379. The van der Waals surface area contributed by atoms with Gasteiger partial charge in [-0.25, -0.2) is 13.4 Å². The average Bonchev–Trinajstić information content (AvgIpc) is 3.15. The third kappa shape index (κ3) is 5.20. The van der Waals surface area contributed by atoms with Gasteiger partial charge in [0.1, 0.15) is 11.6 Å². The Kier molecular flexibility index (Phi) is 6.83. The maximum Gasteiger partial charge on any atom is 0.261 e. The summed E-state index contributed by atoms with van der Waals surface area (Å²) in [5, 5.41) is 2.86. The molecule has 0 spiro atoms. The molecule has 4 rings (SSSR count). The molecular weight excluding hydrogens is 452 g/mol. The monoisotopic (exact) mass is 478 g/mol. The van der Waals surface area contributed by atoms with Gasteiger partial charge in [0.2, 0.25) is 0 Å². The first-order valence-electron chi connectivity index (χ1n) is 10.9. The number of nitrogens with zero attached hydrogens (tertiary/aromatic N) is 2. The van der Waals surface area contributed by atoms with Crippen molar-refractivity contribution >= 4 is 32.7 Å². The van der Waals surface area contributed by atoms with Crippen LogP contribution in [-0.4, -0.2) is 37.0 Å². The van der Waals surface area contributed by atoms with Crippen LogP contribution in [0.15, 0.2) is 77.7 Å². The van der Waals surface area contributed by atoms with Gasteiger partial charge in [-0.2, -0.15) is 0 Å². The van der Waals surface area contributed by atoms with Gasteiger partial charge >= 0.3 is 0 Å². The molecule has 3 aromatic carbocycles. The van der Waals surface area contributed by atoms with E-state index in [4.69, 9.17) is 4.74 Å². The predicted molar refractivity (Wildman–Crippen MR) is 132 cm³/mol. The molecule has 0 aliphatic heterocycles. The zero-order valence-electron chi connectivity index (χ0n) is 19.0. The van der Waals surface area contributed by atoms with Crippen LogP contribution in [0.2, 0.25) is 0 Å². The van der Waals surface area contributed by atoms with E-state index in [2.05, 4.69) is 15.0 Å². The summed E-state index contributed by atoms with van der Waals surface area (Å²) in [6.07, 6.45) is 0. The van der Waals surface area contributed by atoms with E-state index in [9.17, 15) is 13.2 Å². The van der Waals surface area contributed by atoms with E-state index in [0.717, 1.165) is 16.9 Å². The molecule has 1 heterocycles. The fourth-order valence-corrected chi connectivity index (χ4v) is 4.77. The molecule has 176 valence electrons. The number of nitrogens with one attached hydrogen (secondary N) is 2. The maximum atomic E-state index is 12.8. The van der Waals surface area contributed by atoms with Crippen molar-refractivity contribution in [3.8, 4) is 5.75 Å². The summed E-state index contributed by atoms with van der Waals surface area (Å²) in [7, 11) is -3.86. The number of para-hydroxylation sites is 2. The van der Waals surface area contributed by atoms with Crippen molar-refractivity contribution in [2.45, 2.75) is 25.3 Å². The summed E-state index contributed by atoms with van der Waals surface area (Å²) in [4.78, 5) is 17.2. The topological polar surface area (TPSA) is 102 Å². The molecule has 0 fully saturated rings. The molecule has 9 heteroatoms. The standard InChI is InChI=1S/C25H26N4O4S/c1-3-33-21-13-11-20(12-14-21)28-34(31,32)22-8-6-7-19(17-22)25(30)26-15-16-29-18(2)27-23-9-4-5-10-24(23)29/h4-14,17,28H,3,15-16H2,1-2H3,(H,26,30). The normalized spacial score (nSPS) is 11.4. The number of amides is 1. The Morgan fingerprint density at radius 2 is 1.79 bits per heavy atom. The lowest BCUT2D eigenvalue weighted by Crippen LogP contribution is -2.27. The van der Waals surface area contributed by atoms with Crippen molar-refractivity contribution in [1.29, 1.82) is 0 Å². The van der Waals surface area contributed by atoms with Crippen molar-refractivity contribution < 1.29 is 17.9 Å². The molecule has 1 amide bonds. The van der Waals surface area contributed by atoms with Gasteiger partial charge in [-0.1, -0.05) is 18.2 Å². The van der Waals surface area contributed by atoms with Gasteiger partial charge in [0.05, 0.1) is 22.5 Å². The molecule has 0 radical (unpaired) electrons. The summed E-state index contributed by atoms with van der Waals surface area (Å²) in [5.74, 6) is 1.17. The number of carbonyl (C=O) groups is 1. The van der Waals surface area contributed by atoms with E-state index in [1.54, 1.807) is 36.4 Å². The van der Waals surface area contributed by atoms with Gasteiger partial charge in [-0.3, -0.25) is 9.52 Å². The van der Waals surface area contributed by atoms with Crippen molar-refractivity contribution in [3.05, 3.63) is 84.2 Å². The van der Waals surface area contributed by atoms with Crippen LogP contribution in [-0.2, 0) is 16.6 Å². The molecule has 1 aromatic heterocycles. The van der Waals surface area contributed by atoms with Gasteiger partial charge in [-0.15, -0.1) is 0 Å². The first kappa shape index (κ1) is 23.3. The minimum Gasteiger partial charge on any atom is -0.494 e. The first-order valence-corrected chi connectivity index (χ1v) is 12.4. The summed E-state index contributed by atoms with van der Waals surface area (Å²) in [5.41, 5.74) is 2.58. The second-order valence-corrected chi connectivity index (χ2v) is 9.33. The minimum atomic E-state index is -3.86. The number of rotatable bonds is 9. The van der Waals surface area contributed by atoms with Crippen LogP contribution < -0.4 is 14.8 Å². The Hall–Kier alpha value is -3.85. The van der Waals surface area contributed by atoms with E-state index in [0.29, 0.717) is 31.1 Å². The van der Waals surface area contributed by atoms with Crippen LogP contribution in [0.25, 0.3) is 11.0 Å². The Morgan fingerprint density at radius 1 is 1.03 bits per heavy atom. The number of aryl methyl sites for hydroxylation is 1. The van der Waals surface area contributed by atoms with Crippen LogP contribution in [0.4, 0.5) is 5.69 Å². The van der Waals surface area contributed by atoms with E-state index in [-0.39, 0.29) is 16.4 Å². The second kappa shape index (κ2) is 9.96. The SMILES string of the molecule is CCOc1ccc(NS(=O)(=O)c2cccc(C(=O)NCCn3c(C)nc4ccccc43)c2)cc1. The number of hydrogen-bond acceptors (Lipinski definition) is 5. The fraction of sp³-hybridized carbons (Fsp3) is 0.200. The Morgan fingerprint density at radius 3 is 2.56 bits per heavy atom. The number of hydrogen-bond donors (Lipinski definition) is 2. The number of aromatic nitrogens is 2. The van der Waals surface area contributed by atoms with E-state index < -0.39 is 10.0 Å². The zero-order valence-corrected chi connectivity index (χ0v) is 19.8. The molecular formula is C25H26N4O4S. The number of benzene rings is 3. The number of imidazole rings is 1. The third-order valence-corrected chi connectivity index (χ3v) is 6.67. The van der Waals surface area contributed by atoms with Crippen LogP contribution in [0.1, 0.15) is 23.1 Å². The number of carbonyl (C=O) groups excluding carboxylic acids is 1. The smallest absolute Gasteiger partial charge is 0.261 e. The molecule has 0 unspecified atom stereocenters. The number of ether oxygens (including phenoxy) is 1. The molecule has 0 saturated carbocycles. The highest BCUT2D eigenvalue weighted by Gasteiger charge is 2.17. The fourth-order valence-electron chi connectivity index (χ4n) is 3.67. The lowest BCUT2D eigenvalue weighted by Gasteiger charge is -2.11. The number of sulfonamides is 1. The highest BCUT2D eigenvalue weighted by molar-refractivity contribution is 7.92.